The molecule has 130 valence electrons. The molecule has 0 aromatic rings. The maximum absolute atomic E-state index is 12.2. The summed E-state index contributed by atoms with van der Waals surface area (Å²) < 4.78 is 0. The van der Waals surface area contributed by atoms with Gasteiger partial charge in [0.2, 0.25) is 5.91 Å². The van der Waals surface area contributed by atoms with Gasteiger partial charge in [0, 0.05) is 36.7 Å². The molecule has 2 rings (SSSR count). The zero-order valence-corrected chi connectivity index (χ0v) is 16.0. The number of hydrogen-bond donors (Lipinski definition) is 2. The van der Waals surface area contributed by atoms with Gasteiger partial charge in [0.15, 0.2) is 0 Å². The van der Waals surface area contributed by atoms with Crippen molar-refractivity contribution in [2.75, 3.05) is 43.1 Å². The second-order valence-corrected chi connectivity index (χ2v) is 8.35. The van der Waals surface area contributed by atoms with Gasteiger partial charge in [0.1, 0.15) is 0 Å². The van der Waals surface area contributed by atoms with Crippen LogP contribution in [0.5, 0.6) is 0 Å². The maximum atomic E-state index is 12.2. The van der Waals surface area contributed by atoms with Gasteiger partial charge in [-0.15, -0.1) is 12.4 Å². The molecule has 0 bridgehead atoms. The third-order valence-corrected chi connectivity index (χ3v) is 6.36. The van der Waals surface area contributed by atoms with Crippen molar-refractivity contribution in [1.82, 2.24) is 10.2 Å². The first-order valence-corrected chi connectivity index (χ1v) is 10.6. The Morgan fingerprint density at radius 2 is 2.00 bits per heavy atom. The molecule has 22 heavy (non-hydrogen) atoms. The number of rotatable bonds is 7. The Morgan fingerprint density at radius 3 is 2.59 bits per heavy atom. The van der Waals surface area contributed by atoms with Gasteiger partial charge in [-0.2, -0.15) is 23.5 Å². The summed E-state index contributed by atoms with van der Waals surface area (Å²) in [6.45, 7) is 3.11. The van der Waals surface area contributed by atoms with Crippen molar-refractivity contribution in [1.29, 1.82) is 0 Å². The van der Waals surface area contributed by atoms with Crippen LogP contribution in [-0.2, 0) is 4.79 Å². The molecule has 0 aromatic carbocycles. The van der Waals surface area contributed by atoms with Gasteiger partial charge < -0.3 is 11.1 Å². The van der Waals surface area contributed by atoms with Crippen LogP contribution in [0.1, 0.15) is 32.1 Å². The van der Waals surface area contributed by atoms with Crippen molar-refractivity contribution in [2.45, 2.75) is 43.7 Å². The fourth-order valence-corrected chi connectivity index (χ4v) is 4.83. The Morgan fingerprint density at radius 1 is 1.36 bits per heavy atom. The molecule has 4 nitrogen and oxygen atoms in total. The number of halogens is 1. The highest BCUT2D eigenvalue weighted by atomic mass is 35.5. The van der Waals surface area contributed by atoms with Crippen molar-refractivity contribution >= 4 is 41.8 Å². The Bertz CT molecular complexity index is 335. The Hall–Kier alpha value is 0.380. The van der Waals surface area contributed by atoms with Crippen molar-refractivity contribution in [3.8, 4) is 0 Å². The standard InChI is InChI=1S/C15H29N3OS2.ClH/c1-20-9-4-13(16)14(19)17-12-15(5-2-3-6-15)18-7-10-21-11-8-18;/h13H,2-12,16H2,1H3,(H,17,19);1H/t13-;/m0./s1. The average molecular weight is 368 g/mol. The molecule has 1 aliphatic heterocycles. The lowest BCUT2D eigenvalue weighted by Gasteiger charge is -2.43. The molecule has 1 heterocycles. The van der Waals surface area contributed by atoms with Gasteiger partial charge in [-0.1, -0.05) is 12.8 Å². The molecule has 1 saturated heterocycles. The molecule has 7 heteroatoms. The smallest absolute Gasteiger partial charge is 0.237 e. The largest absolute Gasteiger partial charge is 0.353 e. The third kappa shape index (κ3) is 5.48. The van der Waals surface area contributed by atoms with Crippen LogP contribution in [0.4, 0.5) is 0 Å². The van der Waals surface area contributed by atoms with Crippen LogP contribution >= 0.6 is 35.9 Å². The first-order chi connectivity index (χ1) is 10.2. The fourth-order valence-electron chi connectivity index (χ4n) is 3.43. The predicted octanol–water partition coefficient (Wildman–Crippen LogP) is 1.97. The van der Waals surface area contributed by atoms with Crippen LogP contribution in [-0.4, -0.2) is 65.5 Å². The molecule has 0 aromatic heterocycles. The van der Waals surface area contributed by atoms with Crippen LogP contribution < -0.4 is 11.1 Å². The van der Waals surface area contributed by atoms with Crippen LogP contribution in [0.2, 0.25) is 0 Å². The number of nitrogens with two attached hydrogens (primary N) is 1. The van der Waals surface area contributed by atoms with Gasteiger partial charge in [0.05, 0.1) is 6.04 Å². The van der Waals surface area contributed by atoms with E-state index in [0.717, 1.165) is 18.7 Å². The van der Waals surface area contributed by atoms with Crippen molar-refractivity contribution in [3.63, 3.8) is 0 Å². The van der Waals surface area contributed by atoms with Gasteiger partial charge >= 0.3 is 0 Å². The topological polar surface area (TPSA) is 58.4 Å². The summed E-state index contributed by atoms with van der Waals surface area (Å²) in [5.41, 5.74) is 6.17. The molecular formula is C15H30ClN3OS2. The maximum Gasteiger partial charge on any atom is 0.237 e. The van der Waals surface area contributed by atoms with Crippen molar-refractivity contribution in [2.24, 2.45) is 5.73 Å². The van der Waals surface area contributed by atoms with E-state index in [-0.39, 0.29) is 29.9 Å². The molecule has 0 spiro atoms. The molecule has 1 amide bonds. The monoisotopic (exact) mass is 367 g/mol. The highest BCUT2D eigenvalue weighted by Crippen LogP contribution is 2.36. The summed E-state index contributed by atoms with van der Waals surface area (Å²) in [6, 6.07) is -0.354. The molecule has 1 saturated carbocycles. The number of carbonyl (C=O) groups excluding carboxylic acids is 1. The molecule has 2 aliphatic rings. The summed E-state index contributed by atoms with van der Waals surface area (Å²) in [5, 5.41) is 3.15. The quantitative estimate of drug-likeness (QED) is 0.720. The first kappa shape index (κ1) is 20.4. The first-order valence-electron chi connectivity index (χ1n) is 8.03. The van der Waals surface area contributed by atoms with Gasteiger partial charge in [-0.25, -0.2) is 0 Å². The van der Waals surface area contributed by atoms with E-state index >= 15 is 0 Å². The number of hydrogen-bond acceptors (Lipinski definition) is 5. The minimum atomic E-state index is -0.354. The van der Waals surface area contributed by atoms with E-state index in [2.05, 4.69) is 10.2 Å². The molecule has 1 aliphatic carbocycles. The van der Waals surface area contributed by atoms with Gasteiger partial charge in [0.25, 0.3) is 0 Å². The molecule has 2 fully saturated rings. The van der Waals surface area contributed by atoms with Crippen LogP contribution in [0.15, 0.2) is 0 Å². The summed E-state index contributed by atoms with van der Waals surface area (Å²) in [6.07, 6.45) is 7.83. The van der Waals surface area contributed by atoms with E-state index in [1.54, 1.807) is 11.8 Å². The number of nitrogens with one attached hydrogen (secondary N) is 1. The Kier molecular flexibility index (Phi) is 9.55. The van der Waals surface area contributed by atoms with Crippen LogP contribution in [0.25, 0.3) is 0 Å². The number of carbonyl (C=O) groups is 1. The Balaban J connectivity index is 0.00000242. The number of thioether (sulfide) groups is 2. The van der Waals surface area contributed by atoms with E-state index in [9.17, 15) is 4.79 Å². The molecular weight excluding hydrogens is 338 g/mol. The van der Waals surface area contributed by atoms with E-state index < -0.39 is 0 Å². The van der Waals surface area contributed by atoms with Gasteiger partial charge in [-0.3, -0.25) is 9.69 Å². The van der Waals surface area contributed by atoms with Crippen LogP contribution in [0, 0.1) is 0 Å². The predicted molar refractivity (Wildman–Crippen MR) is 101 cm³/mol. The fraction of sp³-hybridized carbons (Fsp3) is 0.933. The van der Waals surface area contributed by atoms with E-state index in [1.807, 2.05) is 18.0 Å². The van der Waals surface area contributed by atoms with E-state index in [1.165, 1.54) is 50.3 Å². The zero-order valence-electron chi connectivity index (χ0n) is 13.5. The summed E-state index contributed by atoms with van der Waals surface area (Å²) in [7, 11) is 0. The van der Waals surface area contributed by atoms with Crippen molar-refractivity contribution in [3.05, 3.63) is 0 Å². The molecule has 1 atom stereocenters. The van der Waals surface area contributed by atoms with Gasteiger partial charge in [-0.05, 0) is 31.3 Å². The van der Waals surface area contributed by atoms with E-state index in [0.29, 0.717) is 0 Å². The number of amides is 1. The van der Waals surface area contributed by atoms with Crippen molar-refractivity contribution < 1.29 is 4.79 Å². The molecule has 0 radical (unpaired) electrons. The van der Waals surface area contributed by atoms with Crippen LogP contribution in [0.3, 0.4) is 0 Å². The lowest BCUT2D eigenvalue weighted by atomic mass is 9.94. The lowest BCUT2D eigenvalue weighted by Crippen LogP contribution is -2.57. The molecule has 0 unspecified atom stereocenters. The minimum Gasteiger partial charge on any atom is -0.353 e. The minimum absolute atomic E-state index is 0. The lowest BCUT2D eigenvalue weighted by molar-refractivity contribution is -0.123. The summed E-state index contributed by atoms with van der Waals surface area (Å²) in [4.78, 5) is 14.8. The zero-order chi connectivity index (χ0) is 15.1. The molecule has 3 N–H and O–H groups in total. The Labute approximate surface area is 149 Å². The number of nitrogens with zero attached hydrogens (tertiary/aromatic N) is 1. The summed E-state index contributed by atoms with van der Waals surface area (Å²) in [5.74, 6) is 3.43. The SMILES string of the molecule is CSCC[C@H](N)C(=O)NCC1(N2CCSCC2)CCCC1.Cl. The second kappa shape index (κ2) is 10.3. The second-order valence-electron chi connectivity index (χ2n) is 6.14. The highest BCUT2D eigenvalue weighted by Gasteiger charge is 2.40. The average Bonchev–Trinajstić information content (AvgIpc) is 3.01. The highest BCUT2D eigenvalue weighted by molar-refractivity contribution is 7.99. The summed E-state index contributed by atoms with van der Waals surface area (Å²) >= 11 is 3.79. The third-order valence-electron chi connectivity index (χ3n) is 4.78. The van der Waals surface area contributed by atoms with E-state index in [4.69, 9.17) is 5.73 Å². The normalized spacial score (nSPS) is 22.8.